The maximum Gasteiger partial charge on any atom is 0.261 e. The number of benzene rings is 1. The number of hydrogen-bond acceptors (Lipinski definition) is 3. The smallest absolute Gasteiger partial charge is 0.261 e. The Balaban J connectivity index is 1.90. The number of carbonyl (C=O) groups is 1. The largest absolute Gasteiger partial charge is 0.375 e. The van der Waals surface area contributed by atoms with E-state index in [0.717, 1.165) is 16.6 Å². The number of nitrogens with zero attached hydrogens (tertiary/aromatic N) is 1. The van der Waals surface area contributed by atoms with Crippen molar-refractivity contribution in [3.05, 3.63) is 59.9 Å². The van der Waals surface area contributed by atoms with Gasteiger partial charge in [-0.25, -0.2) is 4.98 Å². The van der Waals surface area contributed by atoms with Gasteiger partial charge in [-0.1, -0.05) is 45.0 Å². The molecule has 0 aliphatic heterocycles. The van der Waals surface area contributed by atoms with Gasteiger partial charge in [0.2, 0.25) is 0 Å². The van der Waals surface area contributed by atoms with E-state index in [1.54, 1.807) is 12.3 Å². The Hall–Kier alpha value is -2.66. The molecule has 2 heterocycles. The number of aromatic amines is 1. The Morgan fingerprint density at radius 1 is 1.08 bits per heavy atom. The molecule has 0 saturated heterocycles. The third-order valence-electron chi connectivity index (χ3n) is 4.31. The Morgan fingerprint density at radius 2 is 1.80 bits per heavy atom. The normalized spacial score (nSPS) is 14.3. The predicted molar refractivity (Wildman–Crippen MR) is 99.4 cm³/mol. The summed E-state index contributed by atoms with van der Waals surface area (Å²) in [4.78, 5) is 20.3. The second kappa shape index (κ2) is 6.01. The number of fused-ring (bicyclic) bond motifs is 1. The number of carbonyl (C=O) groups excluding carboxylic acids is 1. The zero-order valence-corrected chi connectivity index (χ0v) is 14.9. The summed E-state index contributed by atoms with van der Waals surface area (Å²) < 4.78 is 0. The molecule has 130 valence electrons. The fourth-order valence-electron chi connectivity index (χ4n) is 2.76. The fourth-order valence-corrected chi connectivity index (χ4v) is 2.76. The Morgan fingerprint density at radius 3 is 2.52 bits per heavy atom. The van der Waals surface area contributed by atoms with E-state index in [4.69, 9.17) is 0 Å². The zero-order valence-electron chi connectivity index (χ0n) is 14.9. The average molecular weight is 337 g/mol. The summed E-state index contributed by atoms with van der Waals surface area (Å²) in [5.41, 5.74) is 0.474. The number of pyridine rings is 1. The van der Waals surface area contributed by atoms with E-state index in [9.17, 15) is 9.90 Å². The lowest BCUT2D eigenvalue weighted by atomic mass is 9.91. The van der Waals surface area contributed by atoms with Crippen LogP contribution in [0.3, 0.4) is 0 Å². The van der Waals surface area contributed by atoms with Crippen LogP contribution in [-0.4, -0.2) is 21.0 Å². The van der Waals surface area contributed by atoms with Crippen LogP contribution in [0.4, 0.5) is 5.82 Å². The summed E-state index contributed by atoms with van der Waals surface area (Å²) in [6.45, 7) is 7.67. The first kappa shape index (κ1) is 17.2. The molecule has 1 amide bonds. The highest BCUT2D eigenvalue weighted by atomic mass is 16.3. The van der Waals surface area contributed by atoms with Crippen molar-refractivity contribution in [3.8, 4) is 0 Å². The summed E-state index contributed by atoms with van der Waals surface area (Å²) in [5.74, 6) is -0.0895. The fraction of sp³-hybridized carbons (Fsp3) is 0.300. The zero-order chi connectivity index (χ0) is 18.2. The summed E-state index contributed by atoms with van der Waals surface area (Å²) in [6, 6.07) is 13.1. The van der Waals surface area contributed by atoms with Crippen LogP contribution in [0.25, 0.3) is 10.9 Å². The summed E-state index contributed by atoms with van der Waals surface area (Å²) in [6.07, 6.45) is 1.67. The molecule has 0 spiro atoms. The maximum absolute atomic E-state index is 12.7. The van der Waals surface area contributed by atoms with Crippen LogP contribution in [0.15, 0.2) is 48.7 Å². The minimum Gasteiger partial charge on any atom is -0.375 e. The van der Waals surface area contributed by atoms with E-state index < -0.39 is 11.5 Å². The van der Waals surface area contributed by atoms with Crippen LogP contribution in [0, 0.1) is 0 Å². The van der Waals surface area contributed by atoms with E-state index in [-0.39, 0.29) is 5.41 Å². The van der Waals surface area contributed by atoms with Gasteiger partial charge in [0.15, 0.2) is 5.60 Å². The second-order valence-corrected chi connectivity index (χ2v) is 7.43. The van der Waals surface area contributed by atoms with Gasteiger partial charge in [0.05, 0.1) is 0 Å². The number of hydrogen-bond donors (Lipinski definition) is 3. The monoisotopic (exact) mass is 337 g/mol. The van der Waals surface area contributed by atoms with Crippen LogP contribution in [0.5, 0.6) is 0 Å². The van der Waals surface area contributed by atoms with Gasteiger partial charge in [-0.15, -0.1) is 0 Å². The lowest BCUT2D eigenvalue weighted by Gasteiger charge is -2.23. The molecule has 0 fully saturated rings. The van der Waals surface area contributed by atoms with Crippen LogP contribution in [-0.2, 0) is 15.8 Å². The maximum atomic E-state index is 12.7. The number of aliphatic hydroxyl groups is 1. The number of H-pyrrole nitrogens is 1. The highest BCUT2D eigenvalue weighted by Gasteiger charge is 2.35. The molecule has 0 aliphatic rings. The van der Waals surface area contributed by atoms with Crippen LogP contribution in [0.1, 0.15) is 39.0 Å². The third kappa shape index (κ3) is 3.28. The number of rotatable bonds is 3. The first-order valence-electron chi connectivity index (χ1n) is 8.27. The SMILES string of the molecule is CC(C)(C)c1cccc(NC(=O)C(C)(O)c2c[nH]c3ccccc23)n1. The van der Waals surface area contributed by atoms with Gasteiger partial charge in [0, 0.05) is 33.8 Å². The van der Waals surface area contributed by atoms with Gasteiger partial charge >= 0.3 is 0 Å². The molecule has 2 aromatic heterocycles. The number of aromatic nitrogens is 2. The molecule has 0 bridgehead atoms. The van der Waals surface area contributed by atoms with Crippen LogP contribution in [0.2, 0.25) is 0 Å². The molecule has 0 saturated carbocycles. The summed E-state index contributed by atoms with van der Waals surface area (Å²) >= 11 is 0. The van der Waals surface area contributed by atoms with Gasteiger partial charge in [-0.3, -0.25) is 4.79 Å². The molecule has 25 heavy (non-hydrogen) atoms. The van der Waals surface area contributed by atoms with Crippen LogP contribution >= 0.6 is 0 Å². The van der Waals surface area contributed by atoms with Crippen molar-refractivity contribution in [2.24, 2.45) is 0 Å². The average Bonchev–Trinajstić information content (AvgIpc) is 2.99. The number of nitrogens with one attached hydrogen (secondary N) is 2. The first-order chi connectivity index (χ1) is 11.7. The lowest BCUT2D eigenvalue weighted by Crippen LogP contribution is -2.37. The van der Waals surface area contributed by atoms with Crippen molar-refractivity contribution in [2.45, 2.75) is 38.7 Å². The molecular weight excluding hydrogens is 314 g/mol. The van der Waals surface area contributed by atoms with E-state index in [2.05, 4.69) is 36.1 Å². The number of anilines is 1. The van der Waals surface area contributed by atoms with E-state index in [1.165, 1.54) is 6.92 Å². The van der Waals surface area contributed by atoms with Crippen molar-refractivity contribution >= 4 is 22.6 Å². The van der Waals surface area contributed by atoms with Crippen molar-refractivity contribution in [2.75, 3.05) is 5.32 Å². The molecule has 5 nitrogen and oxygen atoms in total. The highest BCUT2D eigenvalue weighted by Crippen LogP contribution is 2.30. The van der Waals surface area contributed by atoms with Gasteiger partial charge in [0.25, 0.3) is 5.91 Å². The third-order valence-corrected chi connectivity index (χ3v) is 4.31. The van der Waals surface area contributed by atoms with Crippen molar-refractivity contribution < 1.29 is 9.90 Å². The van der Waals surface area contributed by atoms with Gasteiger partial charge in [-0.05, 0) is 25.1 Å². The quantitative estimate of drug-likeness (QED) is 0.682. The topological polar surface area (TPSA) is 78.0 Å². The molecule has 1 aromatic carbocycles. The first-order valence-corrected chi connectivity index (χ1v) is 8.27. The molecule has 3 aromatic rings. The number of amides is 1. The Labute approximate surface area is 147 Å². The summed E-state index contributed by atoms with van der Waals surface area (Å²) in [7, 11) is 0. The van der Waals surface area contributed by atoms with Gasteiger partial charge < -0.3 is 15.4 Å². The summed E-state index contributed by atoms with van der Waals surface area (Å²) in [5, 5.41) is 14.4. The van der Waals surface area contributed by atoms with Crippen molar-refractivity contribution in [3.63, 3.8) is 0 Å². The minimum atomic E-state index is -1.68. The van der Waals surface area contributed by atoms with E-state index in [1.807, 2.05) is 36.4 Å². The van der Waals surface area contributed by atoms with Crippen LogP contribution < -0.4 is 5.32 Å². The predicted octanol–water partition coefficient (Wildman–Crippen LogP) is 3.71. The second-order valence-electron chi connectivity index (χ2n) is 7.43. The molecule has 1 atom stereocenters. The minimum absolute atomic E-state index is 0.125. The van der Waals surface area contributed by atoms with Gasteiger partial charge in [-0.2, -0.15) is 0 Å². The standard InChI is InChI=1S/C20H23N3O2/c1-19(2,3)16-10-7-11-17(22-16)23-18(24)20(4,25)14-12-21-15-9-6-5-8-13(14)15/h5-12,21,25H,1-4H3,(H,22,23,24). The molecule has 0 aliphatic carbocycles. The number of para-hydroxylation sites is 1. The molecular formula is C20H23N3O2. The Kier molecular flexibility index (Phi) is 4.13. The Bertz CT molecular complexity index is 920. The molecule has 3 N–H and O–H groups in total. The molecule has 3 rings (SSSR count). The molecule has 0 radical (unpaired) electrons. The molecule has 5 heteroatoms. The van der Waals surface area contributed by atoms with E-state index in [0.29, 0.717) is 11.4 Å². The highest BCUT2D eigenvalue weighted by molar-refractivity contribution is 6.00. The molecule has 1 unspecified atom stereocenters. The van der Waals surface area contributed by atoms with Crippen molar-refractivity contribution in [1.82, 2.24) is 9.97 Å². The van der Waals surface area contributed by atoms with Gasteiger partial charge in [0.1, 0.15) is 5.82 Å². The lowest BCUT2D eigenvalue weighted by molar-refractivity contribution is -0.133. The van der Waals surface area contributed by atoms with Crippen molar-refractivity contribution in [1.29, 1.82) is 0 Å². The van der Waals surface area contributed by atoms with E-state index >= 15 is 0 Å².